The molecule has 0 bridgehead atoms. The average molecular weight is 389 g/mol. The molecular formula is C21H31N3O4. The van der Waals surface area contributed by atoms with Crippen LogP contribution >= 0.6 is 0 Å². The second-order valence-electron chi connectivity index (χ2n) is 8.47. The first kappa shape index (κ1) is 20.6. The average Bonchev–Trinajstić information content (AvgIpc) is 2.92. The topological polar surface area (TPSA) is 71.8 Å². The summed E-state index contributed by atoms with van der Waals surface area (Å²) in [7, 11) is 5.65. The van der Waals surface area contributed by atoms with Crippen molar-refractivity contribution in [1.82, 2.24) is 14.4 Å². The van der Waals surface area contributed by atoms with Crippen molar-refractivity contribution in [3.05, 3.63) is 33.2 Å². The van der Waals surface area contributed by atoms with Crippen LogP contribution in [-0.4, -0.2) is 66.1 Å². The van der Waals surface area contributed by atoms with Crippen LogP contribution in [0, 0.1) is 12.3 Å². The molecule has 3 heterocycles. The smallest absolute Gasteiger partial charge is 0.312 e. The van der Waals surface area contributed by atoms with E-state index in [1.807, 2.05) is 32.8 Å². The number of piperidine rings is 1. The Bertz CT molecular complexity index is 835. The first-order valence-corrected chi connectivity index (χ1v) is 10.0. The minimum Gasteiger partial charge on any atom is -0.461 e. The normalized spacial score (nSPS) is 21.4. The van der Waals surface area contributed by atoms with Gasteiger partial charge < -0.3 is 19.1 Å². The van der Waals surface area contributed by atoms with Crippen molar-refractivity contribution in [2.75, 3.05) is 33.7 Å². The van der Waals surface area contributed by atoms with E-state index < -0.39 is 5.41 Å². The third-order valence-corrected chi connectivity index (χ3v) is 6.22. The molecule has 0 saturated carbocycles. The van der Waals surface area contributed by atoms with E-state index in [2.05, 4.69) is 0 Å². The van der Waals surface area contributed by atoms with Crippen molar-refractivity contribution in [1.29, 1.82) is 0 Å². The van der Waals surface area contributed by atoms with Crippen molar-refractivity contribution in [3.8, 4) is 0 Å². The molecule has 154 valence electrons. The lowest BCUT2D eigenvalue weighted by Gasteiger charge is -2.36. The molecule has 3 rings (SSSR count). The van der Waals surface area contributed by atoms with E-state index in [9.17, 15) is 14.4 Å². The molecule has 2 aliphatic heterocycles. The molecule has 0 N–H and O–H groups in total. The van der Waals surface area contributed by atoms with Gasteiger partial charge in [-0.1, -0.05) is 6.92 Å². The number of hydrogen-bond acceptors (Lipinski definition) is 5. The molecule has 7 heteroatoms. The molecule has 1 aromatic rings. The molecule has 1 unspecified atom stereocenters. The quantitative estimate of drug-likeness (QED) is 0.727. The van der Waals surface area contributed by atoms with Crippen LogP contribution in [0.1, 0.15) is 47.8 Å². The number of pyridine rings is 1. The number of aromatic nitrogens is 1. The van der Waals surface area contributed by atoms with Crippen molar-refractivity contribution in [2.24, 2.45) is 12.5 Å². The van der Waals surface area contributed by atoms with E-state index in [1.54, 1.807) is 22.6 Å². The van der Waals surface area contributed by atoms with Gasteiger partial charge in [0.15, 0.2) is 0 Å². The Balaban J connectivity index is 1.73. The third-order valence-electron chi connectivity index (χ3n) is 6.22. The molecule has 1 aromatic heterocycles. The van der Waals surface area contributed by atoms with Crippen LogP contribution in [0.5, 0.6) is 0 Å². The van der Waals surface area contributed by atoms with Gasteiger partial charge in [-0.2, -0.15) is 0 Å². The van der Waals surface area contributed by atoms with Gasteiger partial charge in [0.25, 0.3) is 11.5 Å². The fraction of sp³-hybridized carbons (Fsp3) is 0.667. The minimum atomic E-state index is -0.482. The third kappa shape index (κ3) is 3.60. The summed E-state index contributed by atoms with van der Waals surface area (Å²) in [5.74, 6) is -0.372. The number of hydrogen-bond donors (Lipinski definition) is 0. The fourth-order valence-corrected chi connectivity index (χ4v) is 4.66. The maximum Gasteiger partial charge on any atom is 0.312 e. The second-order valence-corrected chi connectivity index (χ2v) is 8.47. The Morgan fingerprint density at radius 1 is 1.29 bits per heavy atom. The summed E-state index contributed by atoms with van der Waals surface area (Å²) < 4.78 is 7.16. The first-order chi connectivity index (χ1) is 13.2. The molecule has 1 atom stereocenters. The van der Waals surface area contributed by atoms with Gasteiger partial charge in [0.1, 0.15) is 11.7 Å². The molecule has 28 heavy (non-hydrogen) atoms. The zero-order valence-corrected chi connectivity index (χ0v) is 17.6. The number of amides is 1. The lowest BCUT2D eigenvalue weighted by Crippen LogP contribution is -2.46. The number of aryl methyl sites for hydroxylation is 1. The molecule has 1 spiro atoms. The SMILES string of the molecule is CCc1c(C)cc(C(=O)N2CCC3(CC2)CC(CN(C)C)OC3=O)c(=O)n1C. The zero-order chi connectivity index (χ0) is 20.6. The van der Waals surface area contributed by atoms with Crippen LogP contribution in [0.4, 0.5) is 0 Å². The van der Waals surface area contributed by atoms with Gasteiger partial charge >= 0.3 is 5.97 Å². The van der Waals surface area contributed by atoms with E-state index in [1.165, 1.54) is 0 Å². The second kappa shape index (κ2) is 7.70. The van der Waals surface area contributed by atoms with E-state index >= 15 is 0 Å². The van der Waals surface area contributed by atoms with Crippen LogP contribution in [0.15, 0.2) is 10.9 Å². The summed E-state index contributed by atoms with van der Waals surface area (Å²) in [4.78, 5) is 41.9. The molecule has 0 radical (unpaired) electrons. The number of carbonyl (C=O) groups is 2. The largest absolute Gasteiger partial charge is 0.461 e. The minimum absolute atomic E-state index is 0.0821. The molecular weight excluding hydrogens is 358 g/mol. The van der Waals surface area contributed by atoms with Crippen LogP contribution in [0.3, 0.4) is 0 Å². The lowest BCUT2D eigenvalue weighted by molar-refractivity contribution is -0.150. The number of cyclic esters (lactones) is 1. The van der Waals surface area contributed by atoms with Gasteiger partial charge in [0, 0.05) is 38.8 Å². The highest BCUT2D eigenvalue weighted by Gasteiger charge is 2.50. The molecule has 1 amide bonds. The number of likely N-dealkylation sites (tertiary alicyclic amines) is 1. The van der Waals surface area contributed by atoms with Crippen molar-refractivity contribution in [2.45, 2.75) is 45.6 Å². The summed E-state index contributed by atoms with van der Waals surface area (Å²) >= 11 is 0. The molecule has 0 aliphatic carbocycles. The predicted molar refractivity (Wildman–Crippen MR) is 106 cm³/mol. The van der Waals surface area contributed by atoms with E-state index in [4.69, 9.17) is 4.74 Å². The Morgan fingerprint density at radius 3 is 2.50 bits per heavy atom. The van der Waals surface area contributed by atoms with Gasteiger partial charge in [-0.3, -0.25) is 14.4 Å². The molecule has 2 fully saturated rings. The van der Waals surface area contributed by atoms with Gasteiger partial charge in [-0.25, -0.2) is 0 Å². The van der Waals surface area contributed by atoms with Crippen molar-refractivity contribution >= 4 is 11.9 Å². The Morgan fingerprint density at radius 2 is 1.93 bits per heavy atom. The van der Waals surface area contributed by atoms with Crippen LogP contribution < -0.4 is 5.56 Å². The van der Waals surface area contributed by atoms with Crippen LogP contribution in [0.2, 0.25) is 0 Å². The molecule has 0 aromatic carbocycles. The number of ether oxygens (including phenoxy) is 1. The van der Waals surface area contributed by atoms with Gasteiger partial charge in [-0.15, -0.1) is 0 Å². The first-order valence-electron chi connectivity index (χ1n) is 10.0. The molecule has 2 aliphatic rings. The molecule has 2 saturated heterocycles. The maximum absolute atomic E-state index is 13.0. The summed E-state index contributed by atoms with van der Waals surface area (Å²) in [6.07, 6.45) is 2.55. The number of esters is 1. The number of carbonyl (C=O) groups excluding carboxylic acids is 2. The monoisotopic (exact) mass is 389 g/mol. The lowest BCUT2D eigenvalue weighted by atomic mass is 9.76. The van der Waals surface area contributed by atoms with E-state index in [-0.39, 0.29) is 29.1 Å². The molecule has 7 nitrogen and oxygen atoms in total. The fourth-order valence-electron chi connectivity index (χ4n) is 4.66. The van der Waals surface area contributed by atoms with E-state index in [0.717, 1.165) is 24.2 Å². The van der Waals surface area contributed by atoms with Gasteiger partial charge in [0.05, 0.1) is 5.41 Å². The highest BCUT2D eigenvalue weighted by Crippen LogP contribution is 2.43. The highest BCUT2D eigenvalue weighted by molar-refractivity contribution is 5.94. The Labute approximate surface area is 166 Å². The van der Waals surface area contributed by atoms with E-state index in [0.29, 0.717) is 32.4 Å². The maximum atomic E-state index is 13.0. The summed E-state index contributed by atoms with van der Waals surface area (Å²) in [6, 6.07) is 1.71. The number of nitrogens with zero attached hydrogens (tertiary/aromatic N) is 3. The standard InChI is InChI=1S/C21H31N3O4/c1-6-17-14(2)11-16(18(25)23(17)5)19(26)24-9-7-21(8-10-24)12-15(13-22(3)4)28-20(21)27/h11,15H,6-10,12-13H2,1-5H3. The van der Waals surface area contributed by atoms with Crippen LogP contribution in [-0.2, 0) is 23.0 Å². The van der Waals surface area contributed by atoms with Gasteiger partial charge in [0.2, 0.25) is 0 Å². The summed E-state index contributed by atoms with van der Waals surface area (Å²) in [5, 5.41) is 0. The Kier molecular flexibility index (Phi) is 5.66. The highest BCUT2D eigenvalue weighted by atomic mass is 16.6. The predicted octanol–water partition coefficient (Wildman–Crippen LogP) is 1.36. The Hall–Kier alpha value is -2.15. The van der Waals surface area contributed by atoms with Crippen molar-refractivity contribution < 1.29 is 14.3 Å². The number of likely N-dealkylation sites (N-methyl/N-ethyl adjacent to an activating group) is 1. The van der Waals surface area contributed by atoms with Crippen molar-refractivity contribution in [3.63, 3.8) is 0 Å². The summed E-state index contributed by atoms with van der Waals surface area (Å²) in [5.41, 5.74) is 1.38. The van der Waals surface area contributed by atoms with Gasteiger partial charge in [-0.05, 0) is 51.9 Å². The van der Waals surface area contributed by atoms with Crippen LogP contribution in [0.25, 0.3) is 0 Å². The number of rotatable bonds is 4. The zero-order valence-electron chi connectivity index (χ0n) is 17.6. The summed E-state index contributed by atoms with van der Waals surface area (Å²) in [6.45, 7) is 5.59.